The Hall–Kier alpha value is -3.26. The minimum absolute atomic E-state index is 0.144. The van der Waals surface area contributed by atoms with E-state index in [0.29, 0.717) is 23.2 Å². The summed E-state index contributed by atoms with van der Waals surface area (Å²) in [4.78, 5) is 5.01. The van der Waals surface area contributed by atoms with Gasteiger partial charge in [0.25, 0.3) is 0 Å². The van der Waals surface area contributed by atoms with E-state index in [1.54, 1.807) is 25.4 Å². The number of anilines is 1. The number of aromatic hydroxyl groups is 1. The molecule has 33 heavy (non-hydrogen) atoms. The summed E-state index contributed by atoms with van der Waals surface area (Å²) in [6.07, 6.45) is 6.86. The third-order valence-corrected chi connectivity index (χ3v) is 6.96. The highest BCUT2D eigenvalue weighted by molar-refractivity contribution is 5.74. The van der Waals surface area contributed by atoms with Crippen molar-refractivity contribution in [3.05, 3.63) is 42.6 Å². The first-order valence-electron chi connectivity index (χ1n) is 11.7. The Bertz CT molecular complexity index is 1100. The largest absolute Gasteiger partial charge is 0.507 e. The van der Waals surface area contributed by atoms with Crippen LogP contribution >= 0.6 is 0 Å². The zero-order chi connectivity index (χ0) is 22.8. The highest BCUT2D eigenvalue weighted by Crippen LogP contribution is 2.34. The molecule has 1 N–H and O–H groups in total. The lowest BCUT2D eigenvalue weighted by molar-refractivity contribution is 0.0942. The molecule has 1 aliphatic heterocycles. The molecule has 0 spiro atoms. The number of rotatable bonds is 7. The van der Waals surface area contributed by atoms with Gasteiger partial charge in [0.1, 0.15) is 5.75 Å². The number of ether oxygens (including phenoxy) is 1. The fourth-order valence-electron chi connectivity index (χ4n) is 4.92. The molecule has 1 atom stereocenters. The fraction of sp³-hybridized carbons (Fsp3) is 0.440. The lowest BCUT2D eigenvalue weighted by Gasteiger charge is -2.40. The number of methoxy groups -OCH3 is 1. The molecule has 8 heteroatoms. The van der Waals surface area contributed by atoms with Crippen LogP contribution in [0.25, 0.3) is 22.4 Å². The molecule has 1 saturated carbocycles. The number of likely N-dealkylation sites (N-methyl/N-ethyl adjacent to an activating group) is 1. The number of hydrogen-bond acceptors (Lipinski definition) is 8. The van der Waals surface area contributed by atoms with Crippen LogP contribution in [0.15, 0.2) is 42.6 Å². The second kappa shape index (κ2) is 9.31. The van der Waals surface area contributed by atoms with Crippen LogP contribution in [-0.2, 0) is 0 Å². The van der Waals surface area contributed by atoms with Gasteiger partial charge >= 0.3 is 0 Å². The van der Waals surface area contributed by atoms with Gasteiger partial charge in [-0.15, -0.1) is 15.3 Å². The van der Waals surface area contributed by atoms with Gasteiger partial charge in [-0.25, -0.2) is 0 Å². The Morgan fingerprint density at radius 2 is 1.91 bits per heavy atom. The van der Waals surface area contributed by atoms with Crippen LogP contribution in [0.3, 0.4) is 0 Å². The van der Waals surface area contributed by atoms with E-state index < -0.39 is 0 Å². The van der Waals surface area contributed by atoms with Crippen LogP contribution in [0.4, 0.5) is 5.82 Å². The summed E-state index contributed by atoms with van der Waals surface area (Å²) >= 11 is 0. The number of benzene rings is 1. The van der Waals surface area contributed by atoms with Crippen molar-refractivity contribution in [3.8, 4) is 34.0 Å². The summed E-state index contributed by atoms with van der Waals surface area (Å²) in [5.41, 5.74) is 2.93. The molecule has 0 bridgehead atoms. The van der Waals surface area contributed by atoms with E-state index in [0.717, 1.165) is 42.6 Å². The topological polar surface area (TPSA) is 87.5 Å². The third kappa shape index (κ3) is 4.35. The van der Waals surface area contributed by atoms with Gasteiger partial charge in [0.15, 0.2) is 5.82 Å². The monoisotopic (exact) mass is 446 g/mol. The molecule has 8 nitrogen and oxygen atoms in total. The van der Waals surface area contributed by atoms with Gasteiger partial charge in [-0.3, -0.25) is 4.90 Å². The molecule has 0 amide bonds. The van der Waals surface area contributed by atoms with Gasteiger partial charge in [0, 0.05) is 42.4 Å². The molecule has 2 fully saturated rings. The van der Waals surface area contributed by atoms with Crippen molar-refractivity contribution in [2.45, 2.75) is 44.7 Å². The minimum atomic E-state index is 0.144. The average Bonchev–Trinajstić information content (AvgIpc) is 3.31. The van der Waals surface area contributed by atoms with E-state index in [4.69, 9.17) is 4.74 Å². The van der Waals surface area contributed by atoms with Crippen molar-refractivity contribution in [2.75, 3.05) is 31.6 Å². The lowest BCUT2D eigenvalue weighted by atomic mass is 9.90. The number of phenolic OH excluding ortho intramolecular Hbond substituents is 1. The van der Waals surface area contributed by atoms with Gasteiger partial charge < -0.3 is 14.7 Å². The van der Waals surface area contributed by atoms with Crippen molar-refractivity contribution >= 4 is 5.82 Å². The second-order valence-corrected chi connectivity index (χ2v) is 8.80. The smallest absolute Gasteiger partial charge is 0.233 e. The Balaban J connectivity index is 1.29. The molecule has 3 heterocycles. The first-order valence-corrected chi connectivity index (χ1v) is 11.7. The SMILES string of the molecule is CCN(C1CCC1)[C@H]1CCN(c2ccc(-c3ccc(-c4cnnc(OC)c4)cc3O)nn2)C1. The van der Waals surface area contributed by atoms with E-state index in [9.17, 15) is 5.11 Å². The van der Waals surface area contributed by atoms with Crippen LogP contribution in [0.2, 0.25) is 0 Å². The van der Waals surface area contributed by atoms with Crippen molar-refractivity contribution < 1.29 is 9.84 Å². The minimum Gasteiger partial charge on any atom is -0.507 e. The van der Waals surface area contributed by atoms with E-state index in [1.807, 2.05) is 24.3 Å². The number of hydrogen-bond donors (Lipinski definition) is 1. The van der Waals surface area contributed by atoms with E-state index in [2.05, 4.69) is 37.1 Å². The molecule has 1 aromatic carbocycles. The summed E-state index contributed by atoms with van der Waals surface area (Å²) in [5, 5.41) is 27.4. The lowest BCUT2D eigenvalue weighted by Crippen LogP contribution is -2.47. The molecular weight excluding hydrogens is 416 g/mol. The molecule has 1 aliphatic carbocycles. The molecule has 0 radical (unpaired) electrons. The maximum Gasteiger partial charge on any atom is 0.233 e. The summed E-state index contributed by atoms with van der Waals surface area (Å²) in [7, 11) is 1.55. The maximum atomic E-state index is 10.7. The fourth-order valence-corrected chi connectivity index (χ4v) is 4.92. The molecule has 1 saturated heterocycles. The van der Waals surface area contributed by atoms with Gasteiger partial charge in [-0.05, 0) is 55.6 Å². The zero-order valence-corrected chi connectivity index (χ0v) is 19.2. The van der Waals surface area contributed by atoms with E-state index in [1.165, 1.54) is 25.7 Å². The van der Waals surface area contributed by atoms with Gasteiger partial charge in [-0.2, -0.15) is 5.10 Å². The molecule has 172 valence electrons. The Morgan fingerprint density at radius 1 is 1.03 bits per heavy atom. The predicted octanol–water partition coefficient (Wildman–Crippen LogP) is 3.77. The normalized spacial score (nSPS) is 18.5. The average molecular weight is 447 g/mol. The summed E-state index contributed by atoms with van der Waals surface area (Å²) in [5.74, 6) is 1.47. The second-order valence-electron chi connectivity index (χ2n) is 8.80. The van der Waals surface area contributed by atoms with Crippen LogP contribution in [-0.4, -0.2) is 69.2 Å². The highest BCUT2D eigenvalue weighted by Gasteiger charge is 2.34. The summed E-state index contributed by atoms with van der Waals surface area (Å²) in [6, 6.07) is 12.6. The van der Waals surface area contributed by atoms with E-state index in [-0.39, 0.29) is 5.75 Å². The van der Waals surface area contributed by atoms with Crippen molar-refractivity contribution in [2.24, 2.45) is 0 Å². The first kappa shape index (κ1) is 21.6. The molecule has 5 rings (SSSR count). The maximum absolute atomic E-state index is 10.7. The van der Waals surface area contributed by atoms with Crippen LogP contribution in [0.5, 0.6) is 11.6 Å². The third-order valence-electron chi connectivity index (χ3n) is 6.96. The predicted molar refractivity (Wildman–Crippen MR) is 127 cm³/mol. The van der Waals surface area contributed by atoms with Crippen LogP contribution in [0.1, 0.15) is 32.6 Å². The number of nitrogens with zero attached hydrogens (tertiary/aromatic N) is 6. The molecule has 0 unspecified atom stereocenters. The Morgan fingerprint density at radius 3 is 2.58 bits per heavy atom. The summed E-state index contributed by atoms with van der Waals surface area (Å²) in [6.45, 7) is 5.40. The van der Waals surface area contributed by atoms with E-state index >= 15 is 0 Å². The van der Waals surface area contributed by atoms with Crippen LogP contribution in [0, 0.1) is 0 Å². The molecule has 3 aromatic rings. The standard InChI is InChI=1S/C25H30N6O2/c1-3-31(19-5-4-6-19)20-11-12-30(16-20)24-10-9-22(27-28-24)21-8-7-17(13-23(21)32)18-14-25(33-2)29-26-15-18/h7-10,13-15,19-20,32H,3-6,11-12,16H2,1-2H3/t20-/m0/s1. The van der Waals surface area contributed by atoms with Crippen LogP contribution < -0.4 is 9.64 Å². The zero-order valence-electron chi connectivity index (χ0n) is 19.2. The van der Waals surface area contributed by atoms with Gasteiger partial charge in [-0.1, -0.05) is 19.4 Å². The molecule has 2 aliphatic rings. The van der Waals surface area contributed by atoms with Crippen molar-refractivity contribution in [1.29, 1.82) is 0 Å². The molecule has 2 aromatic heterocycles. The first-order chi connectivity index (χ1) is 16.2. The molecular formula is C25H30N6O2. The van der Waals surface area contributed by atoms with Gasteiger partial charge in [0.2, 0.25) is 5.88 Å². The van der Waals surface area contributed by atoms with Crippen molar-refractivity contribution in [3.63, 3.8) is 0 Å². The van der Waals surface area contributed by atoms with Crippen molar-refractivity contribution in [1.82, 2.24) is 25.3 Å². The summed E-state index contributed by atoms with van der Waals surface area (Å²) < 4.78 is 5.14. The van der Waals surface area contributed by atoms with Gasteiger partial charge in [0.05, 0.1) is 19.0 Å². The Kier molecular flexibility index (Phi) is 6.09. The highest BCUT2D eigenvalue weighted by atomic mass is 16.5. The number of aromatic nitrogens is 4. The number of phenols is 1. The quantitative estimate of drug-likeness (QED) is 0.587. The Labute approximate surface area is 194 Å².